The van der Waals surface area contributed by atoms with Gasteiger partial charge in [0.05, 0.1) is 5.69 Å². The number of nitrogens with zero attached hydrogens (tertiary/aromatic N) is 3. The standard InChI is InChI=1S/C19H23N3O3/c1-11-10-15-8-6-7-9-16(15)22(11)18(23)14(4)25-19(24)17-12(2)20-21(5)13(17)3/h6-9,11,14H,10H2,1-5H3. The molecule has 1 aliphatic heterocycles. The van der Waals surface area contributed by atoms with E-state index in [9.17, 15) is 9.59 Å². The van der Waals surface area contributed by atoms with E-state index >= 15 is 0 Å². The van der Waals surface area contributed by atoms with E-state index in [4.69, 9.17) is 4.74 Å². The molecule has 0 fully saturated rings. The Morgan fingerprint density at radius 2 is 1.96 bits per heavy atom. The zero-order chi connectivity index (χ0) is 18.3. The molecule has 132 valence electrons. The first-order chi connectivity index (χ1) is 11.8. The lowest BCUT2D eigenvalue weighted by atomic mass is 10.1. The van der Waals surface area contributed by atoms with Gasteiger partial charge in [0.2, 0.25) is 0 Å². The van der Waals surface area contributed by atoms with Crippen LogP contribution in [0.5, 0.6) is 0 Å². The summed E-state index contributed by atoms with van der Waals surface area (Å²) < 4.78 is 7.10. The van der Waals surface area contributed by atoms with Gasteiger partial charge in [-0.3, -0.25) is 9.48 Å². The number of rotatable bonds is 3. The molecule has 2 heterocycles. The fraction of sp³-hybridized carbons (Fsp3) is 0.421. The van der Waals surface area contributed by atoms with E-state index in [-0.39, 0.29) is 11.9 Å². The molecule has 25 heavy (non-hydrogen) atoms. The van der Waals surface area contributed by atoms with Crippen LogP contribution in [0.3, 0.4) is 0 Å². The Morgan fingerprint density at radius 1 is 1.28 bits per heavy atom. The highest BCUT2D eigenvalue weighted by Crippen LogP contribution is 2.32. The molecule has 0 saturated heterocycles. The third kappa shape index (κ3) is 2.92. The number of benzene rings is 1. The van der Waals surface area contributed by atoms with Gasteiger partial charge in [-0.1, -0.05) is 18.2 Å². The molecule has 6 nitrogen and oxygen atoms in total. The summed E-state index contributed by atoms with van der Waals surface area (Å²) in [6, 6.07) is 7.89. The highest BCUT2D eigenvalue weighted by Gasteiger charge is 2.35. The number of carbonyl (C=O) groups is 2. The van der Waals surface area contributed by atoms with E-state index in [2.05, 4.69) is 5.10 Å². The fourth-order valence-corrected chi connectivity index (χ4v) is 3.44. The Labute approximate surface area is 147 Å². The second-order valence-corrected chi connectivity index (χ2v) is 6.61. The molecule has 0 N–H and O–H groups in total. The SMILES string of the molecule is Cc1nn(C)c(C)c1C(=O)OC(C)C(=O)N1c2ccccc2CC1C. The number of carbonyl (C=O) groups excluding carboxylic acids is 2. The van der Waals surface area contributed by atoms with Gasteiger partial charge >= 0.3 is 5.97 Å². The lowest BCUT2D eigenvalue weighted by Gasteiger charge is -2.26. The Bertz CT molecular complexity index is 840. The molecule has 1 amide bonds. The Kier molecular flexibility index (Phi) is 4.37. The van der Waals surface area contributed by atoms with Crippen LogP contribution < -0.4 is 4.90 Å². The van der Waals surface area contributed by atoms with Crippen molar-refractivity contribution in [2.24, 2.45) is 7.05 Å². The topological polar surface area (TPSA) is 64.4 Å². The maximum atomic E-state index is 12.9. The van der Waals surface area contributed by atoms with Crippen molar-refractivity contribution < 1.29 is 14.3 Å². The number of hydrogen-bond donors (Lipinski definition) is 0. The first-order valence-electron chi connectivity index (χ1n) is 8.43. The van der Waals surface area contributed by atoms with Gasteiger partial charge in [-0.05, 0) is 45.7 Å². The van der Waals surface area contributed by atoms with E-state index in [1.807, 2.05) is 38.1 Å². The average molecular weight is 341 g/mol. The van der Waals surface area contributed by atoms with Crippen LogP contribution in [-0.4, -0.2) is 33.8 Å². The Morgan fingerprint density at radius 3 is 2.60 bits per heavy atom. The van der Waals surface area contributed by atoms with E-state index in [0.29, 0.717) is 11.3 Å². The summed E-state index contributed by atoms with van der Waals surface area (Å²) in [6.07, 6.45) is -0.0521. The van der Waals surface area contributed by atoms with E-state index < -0.39 is 12.1 Å². The smallest absolute Gasteiger partial charge is 0.342 e. The van der Waals surface area contributed by atoms with Gasteiger partial charge in [-0.2, -0.15) is 5.10 Å². The summed E-state index contributed by atoms with van der Waals surface area (Å²) in [5, 5.41) is 4.22. The molecule has 1 aromatic carbocycles. The highest BCUT2D eigenvalue weighted by atomic mass is 16.5. The summed E-state index contributed by atoms with van der Waals surface area (Å²) in [5.74, 6) is -0.714. The van der Waals surface area contributed by atoms with Crippen molar-refractivity contribution >= 4 is 17.6 Å². The van der Waals surface area contributed by atoms with Crippen LogP contribution in [0.25, 0.3) is 0 Å². The maximum Gasteiger partial charge on any atom is 0.342 e. The molecule has 2 aromatic rings. The normalized spacial score (nSPS) is 17.3. The van der Waals surface area contributed by atoms with Crippen molar-refractivity contribution in [2.45, 2.75) is 46.3 Å². The van der Waals surface area contributed by atoms with Crippen molar-refractivity contribution in [3.63, 3.8) is 0 Å². The van der Waals surface area contributed by atoms with Gasteiger partial charge in [-0.25, -0.2) is 4.79 Å². The second kappa shape index (κ2) is 6.35. The van der Waals surface area contributed by atoms with Crippen LogP contribution in [0.1, 0.15) is 41.2 Å². The molecular formula is C19H23N3O3. The maximum absolute atomic E-state index is 12.9. The minimum atomic E-state index is -0.861. The van der Waals surface area contributed by atoms with Gasteiger partial charge in [0.1, 0.15) is 5.56 Å². The van der Waals surface area contributed by atoms with E-state index in [1.54, 1.807) is 30.5 Å². The monoisotopic (exact) mass is 341 g/mol. The number of anilines is 1. The molecule has 6 heteroatoms. The van der Waals surface area contributed by atoms with Crippen LogP contribution in [0.15, 0.2) is 24.3 Å². The van der Waals surface area contributed by atoms with Crippen LogP contribution in [-0.2, 0) is 23.0 Å². The Balaban J connectivity index is 1.78. The lowest BCUT2D eigenvalue weighted by molar-refractivity contribution is -0.126. The zero-order valence-electron chi connectivity index (χ0n) is 15.2. The third-order valence-electron chi connectivity index (χ3n) is 4.79. The van der Waals surface area contributed by atoms with Gasteiger partial charge in [-0.15, -0.1) is 0 Å². The van der Waals surface area contributed by atoms with Crippen molar-refractivity contribution in [3.05, 3.63) is 46.8 Å². The fourth-order valence-electron chi connectivity index (χ4n) is 3.44. The predicted octanol–water partition coefficient (Wildman–Crippen LogP) is 2.56. The zero-order valence-corrected chi connectivity index (χ0v) is 15.2. The predicted molar refractivity (Wildman–Crippen MR) is 94.7 cm³/mol. The molecule has 2 unspecified atom stereocenters. The third-order valence-corrected chi connectivity index (χ3v) is 4.79. The molecule has 0 radical (unpaired) electrons. The molecule has 3 rings (SSSR count). The summed E-state index contributed by atoms with van der Waals surface area (Å²) in [6.45, 7) is 7.19. The van der Waals surface area contributed by atoms with E-state index in [1.165, 1.54) is 0 Å². The second-order valence-electron chi connectivity index (χ2n) is 6.61. The van der Waals surface area contributed by atoms with Crippen LogP contribution >= 0.6 is 0 Å². The lowest BCUT2D eigenvalue weighted by Crippen LogP contribution is -2.43. The first kappa shape index (κ1) is 17.2. The molecule has 1 aliphatic rings. The van der Waals surface area contributed by atoms with Crippen molar-refractivity contribution in [2.75, 3.05) is 4.90 Å². The molecule has 1 aromatic heterocycles. The summed E-state index contributed by atoms with van der Waals surface area (Å²) in [7, 11) is 1.77. The van der Waals surface area contributed by atoms with Crippen LogP contribution in [0, 0.1) is 13.8 Å². The number of fused-ring (bicyclic) bond motifs is 1. The summed E-state index contributed by atoms with van der Waals surface area (Å²) in [4.78, 5) is 27.1. The van der Waals surface area contributed by atoms with Crippen molar-refractivity contribution in [3.8, 4) is 0 Å². The number of hydrogen-bond acceptors (Lipinski definition) is 4. The first-order valence-corrected chi connectivity index (χ1v) is 8.43. The van der Waals surface area contributed by atoms with Gasteiger partial charge < -0.3 is 9.64 Å². The van der Waals surface area contributed by atoms with Crippen molar-refractivity contribution in [1.82, 2.24) is 9.78 Å². The average Bonchev–Trinajstić information content (AvgIpc) is 3.01. The van der Waals surface area contributed by atoms with Crippen molar-refractivity contribution in [1.29, 1.82) is 0 Å². The number of ether oxygens (including phenoxy) is 1. The summed E-state index contributed by atoms with van der Waals surface area (Å²) >= 11 is 0. The number of amides is 1. The minimum Gasteiger partial charge on any atom is -0.449 e. The van der Waals surface area contributed by atoms with Crippen LogP contribution in [0.2, 0.25) is 0 Å². The Hall–Kier alpha value is -2.63. The number of aryl methyl sites for hydroxylation is 2. The largest absolute Gasteiger partial charge is 0.449 e. The molecule has 0 spiro atoms. The number of esters is 1. The van der Waals surface area contributed by atoms with Gasteiger partial charge in [0.25, 0.3) is 5.91 Å². The molecular weight excluding hydrogens is 318 g/mol. The minimum absolute atomic E-state index is 0.0490. The quantitative estimate of drug-likeness (QED) is 0.805. The molecule has 0 aliphatic carbocycles. The van der Waals surface area contributed by atoms with Gasteiger partial charge in [0, 0.05) is 24.5 Å². The molecule has 2 atom stereocenters. The highest BCUT2D eigenvalue weighted by molar-refractivity contribution is 6.01. The van der Waals surface area contributed by atoms with Crippen LogP contribution in [0.4, 0.5) is 5.69 Å². The summed E-state index contributed by atoms with van der Waals surface area (Å²) in [5.41, 5.74) is 3.79. The number of para-hydroxylation sites is 1. The van der Waals surface area contributed by atoms with E-state index in [0.717, 1.165) is 23.4 Å². The molecule has 0 saturated carbocycles. The molecule has 0 bridgehead atoms. The van der Waals surface area contributed by atoms with Gasteiger partial charge in [0.15, 0.2) is 6.10 Å². The number of aromatic nitrogens is 2.